The van der Waals surface area contributed by atoms with Gasteiger partial charge < -0.3 is 14.6 Å². The molecule has 0 atom stereocenters. The molecule has 3 aromatic rings. The van der Waals surface area contributed by atoms with Gasteiger partial charge in [0, 0.05) is 24.2 Å². The fourth-order valence-electron chi connectivity index (χ4n) is 3.02. The molecule has 1 aromatic heterocycles. The van der Waals surface area contributed by atoms with E-state index in [9.17, 15) is 4.79 Å². The van der Waals surface area contributed by atoms with Crippen molar-refractivity contribution in [2.24, 2.45) is 0 Å². The molecule has 136 valence electrons. The number of ether oxygens (including phenoxy) is 1. The van der Waals surface area contributed by atoms with Gasteiger partial charge in [-0.05, 0) is 60.2 Å². The Morgan fingerprint density at radius 2 is 2.04 bits per heavy atom. The molecule has 1 aliphatic rings. The van der Waals surface area contributed by atoms with Crippen LogP contribution in [0.25, 0.3) is 11.8 Å². The number of carbonyl (C=O) groups is 1. The van der Waals surface area contributed by atoms with Crippen LogP contribution in [-0.4, -0.2) is 22.6 Å². The number of anilines is 1. The highest BCUT2D eigenvalue weighted by molar-refractivity contribution is 6.01. The lowest BCUT2D eigenvalue weighted by atomic mass is 10.1. The lowest BCUT2D eigenvalue weighted by molar-refractivity contribution is -0.111. The molecular weight excluding hydrogens is 338 g/mol. The average molecular weight is 359 g/mol. The van der Waals surface area contributed by atoms with Crippen molar-refractivity contribution in [1.29, 1.82) is 0 Å². The Labute approximate surface area is 158 Å². The van der Waals surface area contributed by atoms with Gasteiger partial charge in [-0.3, -0.25) is 4.79 Å². The molecule has 27 heavy (non-hydrogen) atoms. The van der Waals surface area contributed by atoms with Gasteiger partial charge in [0.2, 0.25) is 5.91 Å². The van der Waals surface area contributed by atoms with Gasteiger partial charge in [-0.2, -0.15) is 0 Å². The molecule has 0 unspecified atom stereocenters. The molecule has 5 heteroatoms. The number of nitrogens with one attached hydrogen (secondary N) is 1. The van der Waals surface area contributed by atoms with Crippen molar-refractivity contribution in [3.05, 3.63) is 78.4 Å². The summed E-state index contributed by atoms with van der Waals surface area (Å²) in [5.41, 5.74) is 3.94. The van der Waals surface area contributed by atoms with Crippen molar-refractivity contribution < 1.29 is 9.53 Å². The minimum atomic E-state index is -0.160. The normalized spacial score (nSPS) is 13.7. The molecule has 5 nitrogen and oxygen atoms in total. The van der Waals surface area contributed by atoms with Gasteiger partial charge >= 0.3 is 0 Å². The smallest absolute Gasteiger partial charge is 0.248 e. The van der Waals surface area contributed by atoms with Crippen molar-refractivity contribution in [1.82, 2.24) is 9.55 Å². The molecule has 0 saturated heterocycles. The summed E-state index contributed by atoms with van der Waals surface area (Å²) < 4.78 is 7.34. The molecule has 0 bridgehead atoms. The maximum atomic E-state index is 12.2. The Balaban J connectivity index is 1.43. The molecule has 1 saturated carbocycles. The van der Waals surface area contributed by atoms with Gasteiger partial charge in [-0.1, -0.05) is 18.2 Å². The van der Waals surface area contributed by atoms with Gasteiger partial charge in [0.25, 0.3) is 0 Å². The van der Waals surface area contributed by atoms with Crippen LogP contribution in [0.1, 0.15) is 29.9 Å². The predicted molar refractivity (Wildman–Crippen MR) is 106 cm³/mol. The number of benzene rings is 2. The minimum Gasteiger partial charge on any atom is -0.495 e. The maximum Gasteiger partial charge on any atom is 0.248 e. The van der Waals surface area contributed by atoms with Crippen LogP contribution in [0, 0.1) is 0 Å². The summed E-state index contributed by atoms with van der Waals surface area (Å²) in [7, 11) is 1.63. The van der Waals surface area contributed by atoms with Crippen LogP contribution in [0.15, 0.2) is 67.3 Å². The standard InChI is InChI=1S/C22H21N3O2/c1-27-21-14-16(2-10-20(21)25-13-12-23-15-25)3-11-22(26)24-19-8-6-18(7-9-19)17-4-5-17/h2-3,6-15,17H,4-5H2,1H3,(H,24,26)/b11-3+. The predicted octanol–water partition coefficient (Wildman–Crippen LogP) is 4.41. The third kappa shape index (κ3) is 4.08. The number of carbonyl (C=O) groups excluding carboxylic acids is 1. The number of nitrogens with zero attached hydrogens (tertiary/aromatic N) is 2. The molecule has 0 radical (unpaired) electrons. The number of imidazole rings is 1. The van der Waals surface area contributed by atoms with Gasteiger partial charge in [-0.15, -0.1) is 0 Å². The Bertz CT molecular complexity index is 956. The lowest BCUT2D eigenvalue weighted by Gasteiger charge is -2.10. The summed E-state index contributed by atoms with van der Waals surface area (Å²) >= 11 is 0. The number of hydrogen-bond acceptors (Lipinski definition) is 3. The van der Waals surface area contributed by atoms with Gasteiger partial charge in [-0.25, -0.2) is 4.98 Å². The second-order valence-corrected chi connectivity index (χ2v) is 6.62. The Hall–Kier alpha value is -3.34. The van der Waals surface area contributed by atoms with E-state index in [1.807, 2.05) is 41.1 Å². The zero-order valence-corrected chi connectivity index (χ0v) is 15.1. The second-order valence-electron chi connectivity index (χ2n) is 6.62. The highest BCUT2D eigenvalue weighted by Gasteiger charge is 2.22. The summed E-state index contributed by atoms with van der Waals surface area (Å²) in [5, 5.41) is 2.89. The van der Waals surface area contributed by atoms with E-state index < -0.39 is 0 Å². The van der Waals surface area contributed by atoms with Crippen LogP contribution in [-0.2, 0) is 4.79 Å². The SMILES string of the molecule is COc1cc(/C=C/C(=O)Nc2ccc(C3CC3)cc2)ccc1-n1ccnc1. The van der Waals surface area contributed by atoms with Crippen molar-refractivity contribution in [3.8, 4) is 11.4 Å². The molecule has 1 N–H and O–H groups in total. The van der Waals surface area contributed by atoms with E-state index >= 15 is 0 Å². The quantitative estimate of drug-likeness (QED) is 0.663. The molecule has 1 fully saturated rings. The number of methoxy groups -OCH3 is 1. The molecule has 0 spiro atoms. The van der Waals surface area contributed by atoms with Crippen LogP contribution >= 0.6 is 0 Å². The van der Waals surface area contributed by atoms with Crippen LogP contribution in [0.3, 0.4) is 0 Å². The fourth-order valence-corrected chi connectivity index (χ4v) is 3.02. The van der Waals surface area contributed by atoms with E-state index in [1.165, 1.54) is 24.5 Å². The zero-order chi connectivity index (χ0) is 18.6. The van der Waals surface area contributed by atoms with Crippen molar-refractivity contribution in [2.45, 2.75) is 18.8 Å². The monoisotopic (exact) mass is 359 g/mol. The first kappa shape index (κ1) is 17.1. The van der Waals surface area contributed by atoms with Crippen molar-refractivity contribution in [3.63, 3.8) is 0 Å². The second kappa shape index (κ2) is 7.50. The largest absolute Gasteiger partial charge is 0.495 e. The minimum absolute atomic E-state index is 0.160. The topological polar surface area (TPSA) is 56.1 Å². The summed E-state index contributed by atoms with van der Waals surface area (Å²) in [4.78, 5) is 16.2. The van der Waals surface area contributed by atoms with Crippen LogP contribution in [0.4, 0.5) is 5.69 Å². The Kier molecular flexibility index (Phi) is 4.75. The van der Waals surface area contributed by atoms with E-state index in [0.29, 0.717) is 5.75 Å². The van der Waals surface area contributed by atoms with Crippen LogP contribution in [0.5, 0.6) is 5.75 Å². The fraction of sp³-hybridized carbons (Fsp3) is 0.182. The first-order valence-electron chi connectivity index (χ1n) is 8.98. The van der Waals surface area contributed by atoms with Gasteiger partial charge in [0.1, 0.15) is 5.75 Å². The maximum absolute atomic E-state index is 12.2. The highest BCUT2D eigenvalue weighted by atomic mass is 16.5. The Morgan fingerprint density at radius 1 is 1.22 bits per heavy atom. The molecule has 1 amide bonds. The lowest BCUT2D eigenvalue weighted by Crippen LogP contribution is -2.07. The molecule has 1 aliphatic carbocycles. The van der Waals surface area contributed by atoms with Crippen molar-refractivity contribution >= 4 is 17.7 Å². The summed E-state index contributed by atoms with van der Waals surface area (Å²) in [6.45, 7) is 0. The number of aromatic nitrogens is 2. The highest BCUT2D eigenvalue weighted by Crippen LogP contribution is 2.40. The van der Waals surface area contributed by atoms with Crippen LogP contribution < -0.4 is 10.1 Å². The van der Waals surface area contributed by atoms with E-state index in [2.05, 4.69) is 22.4 Å². The Morgan fingerprint density at radius 3 is 2.70 bits per heavy atom. The van der Waals surface area contributed by atoms with E-state index in [4.69, 9.17) is 4.74 Å². The summed E-state index contributed by atoms with van der Waals surface area (Å²) in [6.07, 6.45) is 11.1. The van der Waals surface area contributed by atoms with E-state index in [1.54, 1.807) is 25.7 Å². The van der Waals surface area contributed by atoms with Gasteiger partial charge in [0.05, 0.1) is 19.1 Å². The summed E-state index contributed by atoms with van der Waals surface area (Å²) in [5.74, 6) is 1.27. The van der Waals surface area contributed by atoms with E-state index in [-0.39, 0.29) is 5.91 Å². The third-order valence-corrected chi connectivity index (χ3v) is 4.64. The average Bonchev–Trinajstić information content (AvgIpc) is 3.41. The summed E-state index contributed by atoms with van der Waals surface area (Å²) in [6, 6.07) is 13.9. The molecule has 1 heterocycles. The molecule has 2 aromatic carbocycles. The zero-order valence-electron chi connectivity index (χ0n) is 15.1. The molecular formula is C22H21N3O2. The first-order chi connectivity index (χ1) is 13.2. The first-order valence-corrected chi connectivity index (χ1v) is 8.98. The number of rotatable bonds is 6. The van der Waals surface area contributed by atoms with Gasteiger partial charge in [0.15, 0.2) is 0 Å². The van der Waals surface area contributed by atoms with E-state index in [0.717, 1.165) is 22.9 Å². The van der Waals surface area contributed by atoms with Crippen LogP contribution in [0.2, 0.25) is 0 Å². The third-order valence-electron chi connectivity index (χ3n) is 4.64. The molecule has 4 rings (SSSR count). The number of hydrogen-bond donors (Lipinski definition) is 1. The van der Waals surface area contributed by atoms with Crippen molar-refractivity contribution in [2.75, 3.05) is 12.4 Å². The molecule has 0 aliphatic heterocycles. The number of amides is 1.